The van der Waals surface area contributed by atoms with E-state index in [4.69, 9.17) is 11.6 Å². The second-order valence-electron chi connectivity index (χ2n) is 6.70. The smallest absolute Gasteiger partial charge is 0.258 e. The van der Waals surface area contributed by atoms with Crippen LogP contribution in [0.5, 0.6) is 0 Å². The zero-order valence-electron chi connectivity index (χ0n) is 15.5. The second kappa shape index (κ2) is 7.53. The van der Waals surface area contributed by atoms with E-state index in [-0.39, 0.29) is 11.6 Å². The molecule has 0 amide bonds. The molecule has 0 bridgehead atoms. The highest BCUT2D eigenvalue weighted by molar-refractivity contribution is 6.31. The Hall–Kier alpha value is -3.03. The molecule has 0 saturated heterocycles. The summed E-state index contributed by atoms with van der Waals surface area (Å²) in [5, 5.41) is 5.15. The monoisotopic (exact) mass is 394 g/mol. The minimum Gasteiger partial charge on any atom is -0.309 e. The van der Waals surface area contributed by atoms with E-state index in [1.54, 1.807) is 29.2 Å². The van der Waals surface area contributed by atoms with Crippen LogP contribution in [-0.2, 0) is 6.54 Å². The van der Waals surface area contributed by atoms with Gasteiger partial charge in [-0.3, -0.25) is 9.69 Å². The predicted molar refractivity (Wildman–Crippen MR) is 109 cm³/mol. The lowest BCUT2D eigenvalue weighted by atomic mass is 10.1. The van der Waals surface area contributed by atoms with Crippen molar-refractivity contribution < 1.29 is 0 Å². The van der Waals surface area contributed by atoms with Gasteiger partial charge in [0.2, 0.25) is 0 Å². The Morgan fingerprint density at radius 2 is 2.00 bits per heavy atom. The summed E-state index contributed by atoms with van der Waals surface area (Å²) in [7, 11) is 2.00. The topological polar surface area (TPSA) is 79.7 Å². The average molecular weight is 395 g/mol. The summed E-state index contributed by atoms with van der Waals surface area (Å²) in [6.07, 6.45) is 3.18. The van der Waals surface area contributed by atoms with Gasteiger partial charge < -0.3 is 4.98 Å². The quantitative estimate of drug-likeness (QED) is 0.561. The van der Waals surface area contributed by atoms with Crippen LogP contribution in [0.1, 0.15) is 24.4 Å². The van der Waals surface area contributed by atoms with Crippen molar-refractivity contribution in [1.29, 1.82) is 0 Å². The van der Waals surface area contributed by atoms with Crippen molar-refractivity contribution in [2.45, 2.75) is 19.5 Å². The van der Waals surface area contributed by atoms with Crippen LogP contribution in [0.15, 0.2) is 59.9 Å². The molecule has 1 atom stereocenters. The number of rotatable bonds is 5. The summed E-state index contributed by atoms with van der Waals surface area (Å²) < 4.78 is 1.72. The van der Waals surface area contributed by atoms with Crippen molar-refractivity contribution in [3.8, 4) is 5.69 Å². The number of H-pyrrole nitrogens is 1. The van der Waals surface area contributed by atoms with Crippen LogP contribution in [-0.4, -0.2) is 36.7 Å². The van der Waals surface area contributed by atoms with Crippen molar-refractivity contribution >= 4 is 22.5 Å². The molecule has 0 spiro atoms. The summed E-state index contributed by atoms with van der Waals surface area (Å²) in [5.41, 5.74) is 2.57. The molecule has 1 N–H and O–H groups in total. The zero-order valence-corrected chi connectivity index (χ0v) is 16.3. The fourth-order valence-corrected chi connectivity index (χ4v) is 3.28. The van der Waals surface area contributed by atoms with E-state index in [0.29, 0.717) is 28.3 Å². The third-order valence-corrected chi connectivity index (χ3v) is 5.07. The van der Waals surface area contributed by atoms with E-state index in [1.165, 1.54) is 6.33 Å². The lowest BCUT2D eigenvalue weighted by molar-refractivity contribution is 0.247. The number of halogens is 1. The van der Waals surface area contributed by atoms with E-state index in [9.17, 15) is 4.79 Å². The first-order valence-corrected chi connectivity index (χ1v) is 9.23. The molecular weight excluding hydrogens is 376 g/mol. The highest BCUT2D eigenvalue weighted by Crippen LogP contribution is 2.22. The van der Waals surface area contributed by atoms with Crippen LogP contribution in [0.2, 0.25) is 5.02 Å². The third kappa shape index (κ3) is 3.67. The van der Waals surface area contributed by atoms with E-state index >= 15 is 0 Å². The van der Waals surface area contributed by atoms with Crippen molar-refractivity contribution in [1.82, 2.24) is 29.6 Å². The Bertz CT molecular complexity index is 1150. The number of aromatic nitrogens is 5. The molecule has 7 nitrogen and oxygen atoms in total. The first-order valence-electron chi connectivity index (χ1n) is 8.85. The maximum Gasteiger partial charge on any atom is 0.258 e. The molecule has 0 unspecified atom stereocenters. The Labute approximate surface area is 166 Å². The molecule has 0 saturated carbocycles. The normalized spacial score (nSPS) is 12.6. The number of nitrogens with one attached hydrogen (secondary N) is 1. The highest BCUT2D eigenvalue weighted by atomic mass is 35.5. The number of aromatic amines is 1. The van der Waals surface area contributed by atoms with Crippen LogP contribution >= 0.6 is 11.6 Å². The average Bonchev–Trinajstić information content (AvgIpc) is 3.23. The maximum absolute atomic E-state index is 12.3. The predicted octanol–water partition coefficient (Wildman–Crippen LogP) is 3.35. The van der Waals surface area contributed by atoms with Gasteiger partial charge in [0.15, 0.2) is 0 Å². The van der Waals surface area contributed by atoms with Crippen molar-refractivity contribution in [3.63, 3.8) is 0 Å². The van der Waals surface area contributed by atoms with Crippen LogP contribution in [0.25, 0.3) is 16.6 Å². The molecule has 4 aromatic rings. The van der Waals surface area contributed by atoms with Crippen molar-refractivity contribution in [2.24, 2.45) is 0 Å². The molecule has 0 aliphatic rings. The van der Waals surface area contributed by atoms with Crippen LogP contribution in [0, 0.1) is 0 Å². The molecular formula is C20H19ClN6O. The summed E-state index contributed by atoms with van der Waals surface area (Å²) >= 11 is 5.97. The summed E-state index contributed by atoms with van der Waals surface area (Å²) in [5.74, 6) is 0.619. The van der Waals surface area contributed by atoms with Crippen molar-refractivity contribution in [3.05, 3.63) is 81.9 Å². The van der Waals surface area contributed by atoms with Crippen molar-refractivity contribution in [2.75, 3.05) is 7.05 Å². The Kier molecular flexibility index (Phi) is 4.93. The molecule has 142 valence electrons. The summed E-state index contributed by atoms with van der Waals surface area (Å²) in [6.45, 7) is 2.63. The van der Waals surface area contributed by atoms with Gasteiger partial charge in [-0.15, -0.1) is 0 Å². The lowest BCUT2D eigenvalue weighted by Crippen LogP contribution is -2.25. The summed E-state index contributed by atoms with van der Waals surface area (Å²) in [6, 6.07) is 13.4. The second-order valence-corrected chi connectivity index (χ2v) is 7.13. The minimum atomic E-state index is -0.180. The summed E-state index contributed by atoms with van der Waals surface area (Å²) in [4.78, 5) is 25.9. The molecule has 0 aliphatic heterocycles. The van der Waals surface area contributed by atoms with E-state index in [0.717, 1.165) is 11.3 Å². The van der Waals surface area contributed by atoms with Crippen LogP contribution < -0.4 is 5.56 Å². The zero-order chi connectivity index (χ0) is 19.7. The van der Waals surface area contributed by atoms with Gasteiger partial charge in [-0.1, -0.05) is 23.7 Å². The fourth-order valence-electron chi connectivity index (χ4n) is 3.11. The number of benzene rings is 2. The molecule has 0 radical (unpaired) electrons. The molecule has 8 heteroatoms. The van der Waals surface area contributed by atoms with E-state index in [1.807, 2.05) is 19.2 Å². The standard InChI is InChI=1S/C20H19ClN6O/c1-13(14-3-6-16(7-4-14)27-12-22-11-23-27)26(2)10-19-24-18-8-5-15(21)9-17(18)20(28)25-19/h3-9,11-13H,10H2,1-2H3,(H,24,25,28)/t13-/m0/s1. The SMILES string of the molecule is C[C@@H](c1ccc(-n2cncn2)cc1)N(C)Cc1nc2ccc(Cl)cc2c(=O)[nH]1. The molecule has 2 heterocycles. The number of fused-ring (bicyclic) bond motifs is 1. The van der Waals surface area contributed by atoms with Gasteiger partial charge in [-0.05, 0) is 49.9 Å². The molecule has 2 aromatic heterocycles. The van der Waals surface area contributed by atoms with Gasteiger partial charge in [-0.2, -0.15) is 5.10 Å². The lowest BCUT2D eigenvalue weighted by Gasteiger charge is -2.24. The highest BCUT2D eigenvalue weighted by Gasteiger charge is 2.14. The first-order chi connectivity index (χ1) is 13.5. The molecule has 0 aliphatic carbocycles. The van der Waals surface area contributed by atoms with Crippen LogP contribution in [0.4, 0.5) is 0 Å². The molecule has 0 fully saturated rings. The van der Waals surface area contributed by atoms with E-state index < -0.39 is 0 Å². The first kappa shape index (κ1) is 18.3. The van der Waals surface area contributed by atoms with Gasteiger partial charge in [0.25, 0.3) is 5.56 Å². The van der Waals surface area contributed by atoms with Gasteiger partial charge in [0.05, 0.1) is 23.1 Å². The van der Waals surface area contributed by atoms with Crippen LogP contribution in [0.3, 0.4) is 0 Å². The number of hydrogen-bond donors (Lipinski definition) is 1. The Balaban J connectivity index is 1.53. The number of hydrogen-bond acceptors (Lipinski definition) is 5. The van der Waals surface area contributed by atoms with Gasteiger partial charge >= 0.3 is 0 Å². The van der Waals surface area contributed by atoms with Gasteiger partial charge in [-0.25, -0.2) is 14.6 Å². The Morgan fingerprint density at radius 3 is 2.71 bits per heavy atom. The molecule has 4 rings (SSSR count). The minimum absolute atomic E-state index is 0.135. The fraction of sp³-hybridized carbons (Fsp3) is 0.200. The molecule has 2 aromatic carbocycles. The maximum atomic E-state index is 12.3. The molecule has 28 heavy (non-hydrogen) atoms. The largest absolute Gasteiger partial charge is 0.309 e. The van der Waals surface area contributed by atoms with Gasteiger partial charge in [0.1, 0.15) is 18.5 Å². The number of nitrogens with zero attached hydrogens (tertiary/aromatic N) is 5. The van der Waals surface area contributed by atoms with E-state index in [2.05, 4.69) is 44.0 Å². The Morgan fingerprint density at radius 1 is 1.21 bits per heavy atom. The third-order valence-electron chi connectivity index (χ3n) is 4.84. The van der Waals surface area contributed by atoms with Gasteiger partial charge in [0, 0.05) is 11.1 Å².